The lowest BCUT2D eigenvalue weighted by atomic mass is 10.0. The Morgan fingerprint density at radius 2 is 2.06 bits per heavy atom. The van der Waals surface area contributed by atoms with Crippen LogP contribution in [0.4, 0.5) is 0 Å². The van der Waals surface area contributed by atoms with Gasteiger partial charge in [-0.05, 0) is 19.5 Å². The summed E-state index contributed by atoms with van der Waals surface area (Å²) in [5.74, 6) is 0.741. The molecule has 3 nitrogen and oxygen atoms in total. The molecule has 1 N–H and O–H groups in total. The van der Waals surface area contributed by atoms with Gasteiger partial charge < -0.3 is 10.1 Å². The number of nitrogens with zero attached hydrogens (tertiary/aromatic N) is 1. The number of pyridine rings is 1. The molecule has 0 bridgehead atoms. The van der Waals surface area contributed by atoms with Gasteiger partial charge in [-0.15, -0.1) is 0 Å². The molecule has 0 radical (unpaired) electrons. The smallest absolute Gasteiger partial charge is 0.217 e. The van der Waals surface area contributed by atoms with Gasteiger partial charge in [-0.2, -0.15) is 0 Å². The molecule has 0 aliphatic rings. The van der Waals surface area contributed by atoms with E-state index < -0.39 is 0 Å². The summed E-state index contributed by atoms with van der Waals surface area (Å²) in [6.07, 6.45) is 9.47. The van der Waals surface area contributed by atoms with Crippen LogP contribution in [0.5, 0.6) is 5.88 Å². The minimum absolute atomic E-state index is 0.343. The van der Waals surface area contributed by atoms with Gasteiger partial charge in [0.15, 0.2) is 0 Å². The second-order valence-corrected chi connectivity index (χ2v) is 4.65. The molecule has 0 aliphatic heterocycles. The first-order valence-electron chi connectivity index (χ1n) is 6.99. The van der Waals surface area contributed by atoms with E-state index in [-0.39, 0.29) is 0 Å². The van der Waals surface area contributed by atoms with Crippen molar-refractivity contribution in [3.63, 3.8) is 0 Å². The Bertz CT molecular complexity index is 328. The topological polar surface area (TPSA) is 34.2 Å². The van der Waals surface area contributed by atoms with E-state index in [1.165, 1.54) is 32.1 Å². The Morgan fingerprint density at radius 3 is 2.72 bits per heavy atom. The third-order valence-electron chi connectivity index (χ3n) is 3.31. The van der Waals surface area contributed by atoms with Crippen LogP contribution in [0.3, 0.4) is 0 Å². The Kier molecular flexibility index (Phi) is 7.42. The molecule has 0 saturated heterocycles. The Morgan fingerprint density at radius 1 is 1.28 bits per heavy atom. The van der Waals surface area contributed by atoms with Crippen molar-refractivity contribution in [1.82, 2.24) is 10.3 Å². The number of rotatable bonds is 9. The molecular formula is C15H26N2O. The summed E-state index contributed by atoms with van der Waals surface area (Å²) in [5.41, 5.74) is 1.16. The van der Waals surface area contributed by atoms with Crippen LogP contribution in [0.2, 0.25) is 0 Å². The fourth-order valence-electron chi connectivity index (χ4n) is 2.25. The molecule has 1 heterocycles. The first-order valence-corrected chi connectivity index (χ1v) is 6.99. The van der Waals surface area contributed by atoms with E-state index >= 15 is 0 Å². The largest absolute Gasteiger partial charge is 0.481 e. The molecule has 0 fully saturated rings. The lowest BCUT2D eigenvalue weighted by Gasteiger charge is -2.18. The quantitative estimate of drug-likeness (QED) is 0.678. The van der Waals surface area contributed by atoms with E-state index in [1.807, 2.05) is 13.1 Å². The fourth-order valence-corrected chi connectivity index (χ4v) is 2.25. The summed E-state index contributed by atoms with van der Waals surface area (Å²) in [6, 6.07) is 4.41. The second-order valence-electron chi connectivity index (χ2n) is 4.65. The van der Waals surface area contributed by atoms with Gasteiger partial charge in [0.25, 0.3) is 0 Å². The molecule has 102 valence electrons. The van der Waals surface area contributed by atoms with Crippen molar-refractivity contribution >= 4 is 0 Å². The zero-order chi connectivity index (χ0) is 13.2. The average molecular weight is 250 g/mol. The highest BCUT2D eigenvalue weighted by molar-refractivity contribution is 5.28. The van der Waals surface area contributed by atoms with Crippen molar-refractivity contribution in [1.29, 1.82) is 0 Å². The van der Waals surface area contributed by atoms with Gasteiger partial charge in [0, 0.05) is 17.8 Å². The average Bonchev–Trinajstić information content (AvgIpc) is 2.43. The predicted molar refractivity (Wildman–Crippen MR) is 76.0 cm³/mol. The van der Waals surface area contributed by atoms with E-state index in [4.69, 9.17) is 4.74 Å². The first-order chi connectivity index (χ1) is 8.83. The zero-order valence-corrected chi connectivity index (χ0v) is 11.9. The van der Waals surface area contributed by atoms with Crippen molar-refractivity contribution < 1.29 is 4.74 Å². The number of ether oxygens (including phenoxy) is 1. The number of aromatic nitrogens is 1. The Balaban J connectivity index is 2.49. The highest BCUT2D eigenvalue weighted by Gasteiger charge is 2.14. The lowest BCUT2D eigenvalue weighted by molar-refractivity contribution is 0.380. The molecular weight excluding hydrogens is 224 g/mol. The number of nitrogens with one attached hydrogen (secondary N) is 1. The molecule has 18 heavy (non-hydrogen) atoms. The van der Waals surface area contributed by atoms with Crippen LogP contribution in [0.15, 0.2) is 18.3 Å². The normalized spacial score (nSPS) is 12.4. The zero-order valence-electron chi connectivity index (χ0n) is 11.9. The minimum atomic E-state index is 0.343. The van der Waals surface area contributed by atoms with Crippen molar-refractivity contribution in [3.8, 4) is 5.88 Å². The predicted octanol–water partition coefficient (Wildman–Crippen LogP) is 3.71. The summed E-state index contributed by atoms with van der Waals surface area (Å²) < 4.78 is 5.32. The second kappa shape index (κ2) is 8.92. The van der Waals surface area contributed by atoms with Crippen molar-refractivity contribution in [2.24, 2.45) is 0 Å². The lowest BCUT2D eigenvalue weighted by Crippen LogP contribution is -2.17. The Hall–Kier alpha value is -1.09. The van der Waals surface area contributed by atoms with Crippen LogP contribution < -0.4 is 10.1 Å². The molecule has 1 aromatic rings. The first kappa shape index (κ1) is 15.0. The molecule has 0 aromatic carbocycles. The maximum Gasteiger partial charge on any atom is 0.217 e. The van der Waals surface area contributed by atoms with E-state index in [1.54, 1.807) is 13.3 Å². The highest BCUT2D eigenvalue weighted by Crippen LogP contribution is 2.26. The van der Waals surface area contributed by atoms with E-state index in [9.17, 15) is 0 Å². The minimum Gasteiger partial charge on any atom is -0.481 e. The van der Waals surface area contributed by atoms with Crippen LogP contribution in [0, 0.1) is 0 Å². The number of unbranched alkanes of at least 4 members (excludes halogenated alkanes) is 4. The standard InChI is InChI=1S/C15H26N2O/c1-4-5-6-7-8-11-14(16-2)13-10-9-12-17-15(13)18-3/h9-10,12,14,16H,4-8,11H2,1-3H3. The maximum absolute atomic E-state index is 5.32. The molecule has 1 aromatic heterocycles. The molecule has 0 saturated carbocycles. The molecule has 0 spiro atoms. The number of methoxy groups -OCH3 is 1. The third kappa shape index (κ3) is 4.65. The fraction of sp³-hybridized carbons (Fsp3) is 0.667. The number of hydrogen-bond donors (Lipinski definition) is 1. The van der Waals surface area contributed by atoms with Crippen LogP contribution in [0.25, 0.3) is 0 Å². The van der Waals surface area contributed by atoms with Gasteiger partial charge in [0.05, 0.1) is 7.11 Å². The van der Waals surface area contributed by atoms with Crippen LogP contribution in [-0.4, -0.2) is 19.1 Å². The third-order valence-corrected chi connectivity index (χ3v) is 3.31. The number of hydrogen-bond acceptors (Lipinski definition) is 3. The van der Waals surface area contributed by atoms with E-state index in [2.05, 4.69) is 23.3 Å². The van der Waals surface area contributed by atoms with Crippen molar-refractivity contribution in [2.75, 3.05) is 14.2 Å². The van der Waals surface area contributed by atoms with Crippen molar-refractivity contribution in [3.05, 3.63) is 23.9 Å². The van der Waals surface area contributed by atoms with Gasteiger partial charge in [0.2, 0.25) is 5.88 Å². The monoisotopic (exact) mass is 250 g/mol. The molecule has 0 amide bonds. The van der Waals surface area contributed by atoms with E-state index in [0.29, 0.717) is 6.04 Å². The van der Waals surface area contributed by atoms with Crippen molar-refractivity contribution in [2.45, 2.75) is 51.5 Å². The van der Waals surface area contributed by atoms with Gasteiger partial charge in [-0.1, -0.05) is 45.1 Å². The van der Waals surface area contributed by atoms with Crippen LogP contribution in [0.1, 0.15) is 57.1 Å². The van der Waals surface area contributed by atoms with Gasteiger partial charge in [-0.3, -0.25) is 0 Å². The molecule has 0 aliphatic carbocycles. The molecule has 1 rings (SSSR count). The van der Waals surface area contributed by atoms with Crippen LogP contribution >= 0.6 is 0 Å². The van der Waals surface area contributed by atoms with Crippen LogP contribution in [-0.2, 0) is 0 Å². The highest BCUT2D eigenvalue weighted by atomic mass is 16.5. The summed E-state index contributed by atoms with van der Waals surface area (Å²) in [6.45, 7) is 2.25. The molecule has 1 atom stereocenters. The summed E-state index contributed by atoms with van der Waals surface area (Å²) >= 11 is 0. The summed E-state index contributed by atoms with van der Waals surface area (Å²) in [7, 11) is 3.68. The molecule has 1 unspecified atom stereocenters. The summed E-state index contributed by atoms with van der Waals surface area (Å²) in [5, 5.41) is 3.36. The summed E-state index contributed by atoms with van der Waals surface area (Å²) in [4.78, 5) is 4.26. The Labute approximate surface area is 111 Å². The van der Waals surface area contributed by atoms with Gasteiger partial charge in [-0.25, -0.2) is 4.98 Å². The van der Waals surface area contributed by atoms with Gasteiger partial charge >= 0.3 is 0 Å². The van der Waals surface area contributed by atoms with Gasteiger partial charge in [0.1, 0.15) is 0 Å². The molecule has 3 heteroatoms. The SMILES string of the molecule is CCCCCCCC(NC)c1cccnc1OC. The van der Waals surface area contributed by atoms with E-state index in [0.717, 1.165) is 17.9 Å². The maximum atomic E-state index is 5.32.